The van der Waals surface area contributed by atoms with Gasteiger partial charge in [-0.25, -0.2) is 4.68 Å². The standard InChI is InChI=1S/C21H16N4O/c26-18-11-9-15-13-25(16-6-2-1-3-7-16)24-21(15)19-17(23-18)10-8-14-5-4-12-22-20(14)19/h1-8,10,12-13H,9,11H2,(H,23,26). The third-order valence-electron chi connectivity index (χ3n) is 4.72. The van der Waals surface area contributed by atoms with Gasteiger partial charge in [0.1, 0.15) is 5.69 Å². The summed E-state index contributed by atoms with van der Waals surface area (Å²) in [5.74, 6) is 0.0136. The van der Waals surface area contributed by atoms with Crippen molar-refractivity contribution in [2.24, 2.45) is 0 Å². The van der Waals surface area contributed by atoms with E-state index in [4.69, 9.17) is 5.10 Å². The number of aromatic nitrogens is 3. The fourth-order valence-electron chi connectivity index (χ4n) is 3.47. The van der Waals surface area contributed by atoms with E-state index in [1.807, 2.05) is 65.5 Å². The molecule has 126 valence electrons. The summed E-state index contributed by atoms with van der Waals surface area (Å²) in [5, 5.41) is 8.91. The number of rotatable bonds is 1. The number of pyridine rings is 1. The number of anilines is 1. The van der Waals surface area contributed by atoms with Gasteiger partial charge in [-0.2, -0.15) is 5.10 Å². The number of carbonyl (C=O) groups excluding carboxylic acids is 1. The lowest BCUT2D eigenvalue weighted by molar-refractivity contribution is -0.116. The summed E-state index contributed by atoms with van der Waals surface area (Å²) >= 11 is 0. The lowest BCUT2D eigenvalue weighted by atomic mass is 9.98. The molecule has 0 saturated heterocycles. The van der Waals surface area contributed by atoms with E-state index in [1.54, 1.807) is 6.20 Å². The maximum absolute atomic E-state index is 12.3. The van der Waals surface area contributed by atoms with Crippen molar-refractivity contribution in [2.45, 2.75) is 12.8 Å². The van der Waals surface area contributed by atoms with Crippen LogP contribution in [-0.2, 0) is 11.2 Å². The lowest BCUT2D eigenvalue weighted by Gasteiger charge is -2.16. The molecule has 0 spiro atoms. The van der Waals surface area contributed by atoms with Crippen LogP contribution in [0.25, 0.3) is 27.8 Å². The Labute approximate surface area is 150 Å². The molecule has 26 heavy (non-hydrogen) atoms. The maximum atomic E-state index is 12.3. The van der Waals surface area contributed by atoms with E-state index in [-0.39, 0.29) is 5.91 Å². The van der Waals surface area contributed by atoms with Crippen LogP contribution in [0.4, 0.5) is 5.69 Å². The predicted octanol–water partition coefficient (Wildman–Crippen LogP) is 3.97. The molecule has 0 fully saturated rings. The average molecular weight is 340 g/mol. The first-order valence-electron chi connectivity index (χ1n) is 8.61. The molecule has 1 aliphatic heterocycles. The van der Waals surface area contributed by atoms with E-state index < -0.39 is 0 Å². The van der Waals surface area contributed by atoms with Gasteiger partial charge in [0.15, 0.2) is 0 Å². The number of para-hydroxylation sites is 1. The van der Waals surface area contributed by atoms with Gasteiger partial charge < -0.3 is 5.32 Å². The predicted molar refractivity (Wildman–Crippen MR) is 101 cm³/mol. The maximum Gasteiger partial charge on any atom is 0.224 e. The zero-order chi connectivity index (χ0) is 17.5. The van der Waals surface area contributed by atoms with E-state index in [0.29, 0.717) is 12.8 Å². The van der Waals surface area contributed by atoms with Crippen molar-refractivity contribution < 1.29 is 4.79 Å². The fraction of sp³-hybridized carbons (Fsp3) is 0.0952. The van der Waals surface area contributed by atoms with Crippen molar-refractivity contribution in [3.05, 3.63) is 72.6 Å². The lowest BCUT2D eigenvalue weighted by Crippen LogP contribution is -2.15. The Morgan fingerprint density at radius 1 is 0.962 bits per heavy atom. The van der Waals surface area contributed by atoms with Gasteiger partial charge in [0.05, 0.1) is 22.5 Å². The summed E-state index contributed by atoms with van der Waals surface area (Å²) in [6.45, 7) is 0. The minimum Gasteiger partial charge on any atom is -0.325 e. The Bertz CT molecular complexity index is 1130. The van der Waals surface area contributed by atoms with Crippen LogP contribution >= 0.6 is 0 Å². The van der Waals surface area contributed by atoms with Crippen LogP contribution in [-0.4, -0.2) is 20.7 Å². The van der Waals surface area contributed by atoms with Crippen molar-refractivity contribution in [3.8, 4) is 16.9 Å². The molecule has 2 aromatic heterocycles. The first kappa shape index (κ1) is 14.8. The number of hydrogen-bond donors (Lipinski definition) is 1. The normalized spacial score (nSPS) is 13.5. The number of benzene rings is 2. The van der Waals surface area contributed by atoms with E-state index in [2.05, 4.69) is 10.3 Å². The van der Waals surface area contributed by atoms with E-state index in [1.165, 1.54) is 0 Å². The summed E-state index contributed by atoms with van der Waals surface area (Å²) < 4.78 is 1.88. The zero-order valence-electron chi connectivity index (χ0n) is 14.0. The zero-order valence-corrected chi connectivity index (χ0v) is 14.0. The Hall–Kier alpha value is -3.47. The third kappa shape index (κ3) is 2.37. The summed E-state index contributed by atoms with van der Waals surface area (Å²) in [6.07, 6.45) is 4.88. The molecular formula is C21H16N4O. The van der Waals surface area contributed by atoms with Gasteiger partial charge in [0.25, 0.3) is 0 Å². The van der Waals surface area contributed by atoms with Gasteiger partial charge in [-0.05, 0) is 36.2 Å². The Morgan fingerprint density at radius 3 is 2.73 bits per heavy atom. The SMILES string of the molecule is O=C1CCc2cn(-c3ccccc3)nc2-c2c(ccc3cccnc23)N1. The Morgan fingerprint density at radius 2 is 1.85 bits per heavy atom. The molecule has 4 aromatic rings. The van der Waals surface area contributed by atoms with Crippen molar-refractivity contribution >= 4 is 22.5 Å². The van der Waals surface area contributed by atoms with Crippen LogP contribution in [0.1, 0.15) is 12.0 Å². The molecule has 0 atom stereocenters. The Kier molecular flexibility index (Phi) is 3.31. The highest BCUT2D eigenvalue weighted by Crippen LogP contribution is 2.37. The third-order valence-corrected chi connectivity index (χ3v) is 4.72. The number of nitrogens with one attached hydrogen (secondary N) is 1. The highest BCUT2D eigenvalue weighted by Gasteiger charge is 2.23. The van der Waals surface area contributed by atoms with Crippen molar-refractivity contribution in [1.82, 2.24) is 14.8 Å². The number of hydrogen-bond acceptors (Lipinski definition) is 3. The molecule has 5 rings (SSSR count). The number of aryl methyl sites for hydroxylation is 1. The summed E-state index contributed by atoms with van der Waals surface area (Å²) in [4.78, 5) is 16.8. The largest absolute Gasteiger partial charge is 0.325 e. The van der Waals surface area contributed by atoms with E-state index in [0.717, 1.165) is 39.1 Å². The second-order valence-corrected chi connectivity index (χ2v) is 6.39. The second-order valence-electron chi connectivity index (χ2n) is 6.39. The molecule has 1 aliphatic rings. The van der Waals surface area contributed by atoms with Gasteiger partial charge in [0, 0.05) is 24.2 Å². The monoisotopic (exact) mass is 340 g/mol. The molecule has 0 radical (unpaired) electrons. The number of nitrogens with zero attached hydrogens (tertiary/aromatic N) is 3. The van der Waals surface area contributed by atoms with E-state index >= 15 is 0 Å². The van der Waals surface area contributed by atoms with Crippen LogP contribution in [0.5, 0.6) is 0 Å². The highest BCUT2D eigenvalue weighted by atomic mass is 16.1. The van der Waals surface area contributed by atoms with Gasteiger partial charge in [0.2, 0.25) is 5.91 Å². The average Bonchev–Trinajstić information content (AvgIpc) is 3.09. The van der Waals surface area contributed by atoms with Crippen LogP contribution < -0.4 is 5.32 Å². The summed E-state index contributed by atoms with van der Waals surface area (Å²) in [5.41, 5.74) is 5.44. The topological polar surface area (TPSA) is 59.8 Å². The number of amides is 1. The van der Waals surface area contributed by atoms with Gasteiger partial charge in [-0.15, -0.1) is 0 Å². The summed E-state index contributed by atoms with van der Waals surface area (Å²) in [6, 6.07) is 17.9. The number of carbonyl (C=O) groups is 1. The Balaban J connectivity index is 1.80. The first-order chi connectivity index (χ1) is 12.8. The van der Waals surface area contributed by atoms with Gasteiger partial charge >= 0.3 is 0 Å². The molecule has 0 unspecified atom stereocenters. The van der Waals surface area contributed by atoms with Crippen molar-refractivity contribution in [2.75, 3.05) is 5.32 Å². The summed E-state index contributed by atoms with van der Waals surface area (Å²) in [7, 11) is 0. The molecule has 2 aromatic carbocycles. The molecule has 1 amide bonds. The van der Waals surface area contributed by atoms with Crippen molar-refractivity contribution in [3.63, 3.8) is 0 Å². The van der Waals surface area contributed by atoms with Gasteiger partial charge in [-0.1, -0.05) is 30.3 Å². The highest BCUT2D eigenvalue weighted by molar-refractivity contribution is 6.05. The molecule has 0 saturated carbocycles. The van der Waals surface area contributed by atoms with Crippen LogP contribution in [0.2, 0.25) is 0 Å². The minimum absolute atomic E-state index is 0.0136. The molecule has 0 aliphatic carbocycles. The smallest absolute Gasteiger partial charge is 0.224 e. The van der Waals surface area contributed by atoms with E-state index in [9.17, 15) is 4.79 Å². The first-order valence-corrected chi connectivity index (χ1v) is 8.61. The quantitative estimate of drug-likeness (QED) is 0.570. The van der Waals surface area contributed by atoms with Gasteiger partial charge in [-0.3, -0.25) is 9.78 Å². The van der Waals surface area contributed by atoms with Crippen LogP contribution in [0, 0.1) is 0 Å². The second kappa shape index (κ2) is 5.81. The molecule has 0 bridgehead atoms. The molecule has 5 nitrogen and oxygen atoms in total. The number of fused-ring (bicyclic) bond motifs is 5. The molecule has 1 N–H and O–H groups in total. The van der Waals surface area contributed by atoms with Crippen LogP contribution in [0.3, 0.4) is 0 Å². The molecule has 3 heterocycles. The minimum atomic E-state index is 0.0136. The van der Waals surface area contributed by atoms with Crippen LogP contribution in [0.15, 0.2) is 67.0 Å². The molecule has 5 heteroatoms. The molecular weight excluding hydrogens is 324 g/mol. The fourth-order valence-corrected chi connectivity index (χ4v) is 3.47. The van der Waals surface area contributed by atoms with Crippen molar-refractivity contribution in [1.29, 1.82) is 0 Å².